The molecule has 1 aliphatic heterocycles. The number of para-hydroxylation sites is 1. The molecule has 0 radical (unpaired) electrons. The van der Waals surface area contributed by atoms with Gasteiger partial charge in [0.15, 0.2) is 5.76 Å². The number of fused-ring (bicyclic) bond motifs is 1. The van der Waals surface area contributed by atoms with Gasteiger partial charge in [-0.3, -0.25) is 9.59 Å². The van der Waals surface area contributed by atoms with Crippen molar-refractivity contribution in [3.05, 3.63) is 35.1 Å². The molecule has 0 aliphatic carbocycles. The monoisotopic (exact) mass is 301 g/mol. The van der Waals surface area contributed by atoms with E-state index in [2.05, 4.69) is 0 Å². The molecular weight excluding hydrogens is 282 g/mol. The second-order valence-electron chi connectivity index (χ2n) is 5.94. The van der Waals surface area contributed by atoms with Crippen LogP contribution in [0.1, 0.15) is 34.5 Å². The van der Waals surface area contributed by atoms with Gasteiger partial charge >= 0.3 is 5.97 Å². The normalized spacial score (nSPS) is 18.6. The Balaban J connectivity index is 1.94. The number of hydrogen-bond acceptors (Lipinski definition) is 3. The summed E-state index contributed by atoms with van der Waals surface area (Å²) < 4.78 is 5.80. The van der Waals surface area contributed by atoms with E-state index in [1.807, 2.05) is 32.0 Å². The quantitative estimate of drug-likeness (QED) is 0.925. The zero-order valence-electron chi connectivity index (χ0n) is 12.8. The first-order valence-electron chi connectivity index (χ1n) is 7.50. The molecule has 0 bridgehead atoms. The van der Waals surface area contributed by atoms with Gasteiger partial charge in [0.05, 0.1) is 5.92 Å². The summed E-state index contributed by atoms with van der Waals surface area (Å²) in [5.41, 5.74) is 2.54. The fraction of sp³-hybridized carbons (Fsp3) is 0.412. The van der Waals surface area contributed by atoms with E-state index in [0.29, 0.717) is 25.1 Å². The van der Waals surface area contributed by atoms with Gasteiger partial charge in [-0.2, -0.15) is 0 Å². The van der Waals surface area contributed by atoms with E-state index in [1.54, 1.807) is 4.90 Å². The lowest BCUT2D eigenvalue weighted by Crippen LogP contribution is -2.42. The Morgan fingerprint density at radius 2 is 2.09 bits per heavy atom. The van der Waals surface area contributed by atoms with Crippen LogP contribution in [0.15, 0.2) is 22.6 Å². The lowest BCUT2D eigenvalue weighted by molar-refractivity contribution is -0.143. The molecule has 1 saturated heterocycles. The van der Waals surface area contributed by atoms with Crippen molar-refractivity contribution in [3.63, 3.8) is 0 Å². The second kappa shape index (κ2) is 5.48. The highest BCUT2D eigenvalue weighted by molar-refractivity contribution is 5.99. The molecule has 2 heterocycles. The third kappa shape index (κ3) is 2.36. The number of carboxylic acid groups (broad SMARTS) is 1. The van der Waals surface area contributed by atoms with Crippen LogP contribution in [0.25, 0.3) is 11.0 Å². The highest BCUT2D eigenvalue weighted by Crippen LogP contribution is 2.29. The molecule has 116 valence electrons. The van der Waals surface area contributed by atoms with Gasteiger partial charge in [-0.1, -0.05) is 18.2 Å². The summed E-state index contributed by atoms with van der Waals surface area (Å²) in [6.45, 7) is 4.65. The lowest BCUT2D eigenvalue weighted by atomic mass is 9.98. The zero-order valence-corrected chi connectivity index (χ0v) is 12.8. The second-order valence-corrected chi connectivity index (χ2v) is 5.94. The maximum atomic E-state index is 12.7. The molecule has 1 aromatic heterocycles. The molecule has 2 aromatic rings. The summed E-state index contributed by atoms with van der Waals surface area (Å²) in [7, 11) is 0. The van der Waals surface area contributed by atoms with Crippen molar-refractivity contribution in [2.75, 3.05) is 13.1 Å². The molecule has 3 rings (SSSR count). The van der Waals surface area contributed by atoms with Crippen molar-refractivity contribution in [2.45, 2.75) is 26.7 Å². The zero-order chi connectivity index (χ0) is 15.9. The molecule has 0 spiro atoms. The molecular formula is C17H19NO4. The van der Waals surface area contributed by atoms with Crippen molar-refractivity contribution in [1.82, 2.24) is 4.90 Å². The first-order chi connectivity index (χ1) is 10.5. The highest BCUT2D eigenvalue weighted by atomic mass is 16.4. The van der Waals surface area contributed by atoms with Gasteiger partial charge in [0.25, 0.3) is 5.91 Å². The van der Waals surface area contributed by atoms with E-state index in [4.69, 9.17) is 9.52 Å². The van der Waals surface area contributed by atoms with Gasteiger partial charge in [0.1, 0.15) is 5.58 Å². The van der Waals surface area contributed by atoms with E-state index >= 15 is 0 Å². The Morgan fingerprint density at radius 1 is 1.32 bits per heavy atom. The van der Waals surface area contributed by atoms with Crippen molar-refractivity contribution in [3.8, 4) is 0 Å². The molecule has 22 heavy (non-hydrogen) atoms. The minimum Gasteiger partial charge on any atom is -0.481 e. The van der Waals surface area contributed by atoms with Crippen LogP contribution in [-0.4, -0.2) is 35.0 Å². The minimum atomic E-state index is -0.838. The SMILES string of the molecule is Cc1c(C(=O)N2CCC[C@H](C(=O)O)C2)oc2c(C)cccc12. The molecule has 1 atom stereocenters. The fourth-order valence-electron chi connectivity index (χ4n) is 3.09. The summed E-state index contributed by atoms with van der Waals surface area (Å²) in [6.07, 6.45) is 1.33. The number of carbonyl (C=O) groups excluding carboxylic acids is 1. The number of likely N-dealkylation sites (tertiary alicyclic amines) is 1. The highest BCUT2D eigenvalue weighted by Gasteiger charge is 2.31. The van der Waals surface area contributed by atoms with Crippen LogP contribution in [0.3, 0.4) is 0 Å². The van der Waals surface area contributed by atoms with E-state index in [9.17, 15) is 9.59 Å². The number of aliphatic carboxylic acids is 1. The number of piperidine rings is 1. The van der Waals surface area contributed by atoms with Crippen molar-refractivity contribution >= 4 is 22.8 Å². The number of furan rings is 1. The van der Waals surface area contributed by atoms with Crippen molar-refractivity contribution < 1.29 is 19.1 Å². The number of hydrogen-bond donors (Lipinski definition) is 1. The van der Waals surface area contributed by atoms with E-state index < -0.39 is 11.9 Å². The van der Waals surface area contributed by atoms with Gasteiger partial charge in [-0.15, -0.1) is 0 Å². The third-order valence-electron chi connectivity index (χ3n) is 4.41. The smallest absolute Gasteiger partial charge is 0.308 e. The maximum Gasteiger partial charge on any atom is 0.308 e. The van der Waals surface area contributed by atoms with Crippen LogP contribution in [0.2, 0.25) is 0 Å². The van der Waals surface area contributed by atoms with Crippen LogP contribution >= 0.6 is 0 Å². The topological polar surface area (TPSA) is 70.8 Å². The molecule has 5 heteroatoms. The Bertz CT molecular complexity index is 746. The standard InChI is InChI=1S/C17H19NO4/c1-10-5-3-7-13-11(2)15(22-14(10)13)16(19)18-8-4-6-12(9-18)17(20)21/h3,5,7,12H,4,6,8-9H2,1-2H3,(H,20,21)/t12-/m0/s1. The molecule has 1 aromatic carbocycles. The van der Waals surface area contributed by atoms with Gasteiger partial charge in [-0.25, -0.2) is 0 Å². The van der Waals surface area contributed by atoms with Crippen LogP contribution in [0, 0.1) is 19.8 Å². The molecule has 0 saturated carbocycles. The predicted molar refractivity (Wildman–Crippen MR) is 82.0 cm³/mol. The number of nitrogens with zero attached hydrogens (tertiary/aromatic N) is 1. The molecule has 5 nitrogen and oxygen atoms in total. The average molecular weight is 301 g/mol. The molecule has 1 N–H and O–H groups in total. The number of benzene rings is 1. The summed E-state index contributed by atoms with van der Waals surface area (Å²) in [5.74, 6) is -1.20. The average Bonchev–Trinajstić information content (AvgIpc) is 2.85. The Kier molecular flexibility index (Phi) is 3.64. The molecule has 1 fully saturated rings. The number of carbonyl (C=O) groups is 2. The predicted octanol–water partition coefficient (Wildman–Crippen LogP) is 2.99. The maximum absolute atomic E-state index is 12.7. The minimum absolute atomic E-state index is 0.209. The van der Waals surface area contributed by atoms with Gasteiger partial charge < -0.3 is 14.4 Å². The number of rotatable bonds is 2. The van der Waals surface area contributed by atoms with Crippen molar-refractivity contribution in [1.29, 1.82) is 0 Å². The van der Waals surface area contributed by atoms with Gasteiger partial charge in [0, 0.05) is 24.0 Å². The van der Waals surface area contributed by atoms with Crippen molar-refractivity contribution in [2.24, 2.45) is 5.92 Å². The Labute approximate surface area is 128 Å². The molecule has 0 unspecified atom stereocenters. The Hall–Kier alpha value is -2.30. The van der Waals surface area contributed by atoms with Crippen LogP contribution in [0.5, 0.6) is 0 Å². The van der Waals surface area contributed by atoms with Crippen LogP contribution < -0.4 is 0 Å². The van der Waals surface area contributed by atoms with Crippen LogP contribution in [-0.2, 0) is 4.79 Å². The number of carboxylic acids is 1. The molecule has 1 aliphatic rings. The van der Waals surface area contributed by atoms with Crippen LogP contribution in [0.4, 0.5) is 0 Å². The summed E-state index contributed by atoms with van der Waals surface area (Å²) >= 11 is 0. The fourth-order valence-corrected chi connectivity index (χ4v) is 3.09. The summed E-state index contributed by atoms with van der Waals surface area (Å²) in [5, 5.41) is 10.1. The number of aryl methyl sites for hydroxylation is 2. The molecule has 1 amide bonds. The largest absolute Gasteiger partial charge is 0.481 e. The third-order valence-corrected chi connectivity index (χ3v) is 4.41. The van der Waals surface area contributed by atoms with E-state index in [-0.39, 0.29) is 12.5 Å². The first-order valence-corrected chi connectivity index (χ1v) is 7.50. The van der Waals surface area contributed by atoms with E-state index in [1.165, 1.54) is 0 Å². The van der Waals surface area contributed by atoms with E-state index in [0.717, 1.165) is 22.1 Å². The van der Waals surface area contributed by atoms with Gasteiger partial charge in [0.2, 0.25) is 0 Å². The lowest BCUT2D eigenvalue weighted by Gasteiger charge is -2.30. The van der Waals surface area contributed by atoms with Gasteiger partial charge in [-0.05, 0) is 32.3 Å². The summed E-state index contributed by atoms with van der Waals surface area (Å²) in [6, 6.07) is 5.82. The Morgan fingerprint density at radius 3 is 2.77 bits per heavy atom. The summed E-state index contributed by atoms with van der Waals surface area (Å²) in [4.78, 5) is 25.5. The first kappa shape index (κ1) is 14.6. The number of amides is 1.